The molecule has 0 heterocycles. The van der Waals surface area contributed by atoms with Gasteiger partial charge < -0.3 is 10.2 Å². The molecule has 0 spiro atoms. The number of hydrogen-bond donors (Lipinski definition) is 2. The van der Waals surface area contributed by atoms with E-state index in [9.17, 15) is 14.6 Å². The quantitative estimate of drug-likeness (QED) is 0.797. The summed E-state index contributed by atoms with van der Waals surface area (Å²) < 4.78 is 13.1. The number of hydrogen-bond acceptors (Lipinski definition) is 3. The third-order valence-corrected chi connectivity index (χ3v) is 2.49. The molecule has 0 amide bonds. The predicted octanol–water partition coefficient (Wildman–Crippen LogP) is 3.30. The van der Waals surface area contributed by atoms with Crippen molar-refractivity contribution in [2.24, 2.45) is 4.99 Å². The second-order valence-electron chi connectivity index (χ2n) is 3.93. The van der Waals surface area contributed by atoms with Crippen LogP contribution in [0.1, 0.15) is 11.1 Å². The monoisotopic (exact) mass is 245 g/mol. The Labute approximate surface area is 104 Å². The number of halogens is 1. The zero-order valence-electron chi connectivity index (χ0n) is 9.76. The Morgan fingerprint density at radius 2 is 1.94 bits per heavy atom. The van der Waals surface area contributed by atoms with Gasteiger partial charge in [0.2, 0.25) is 0 Å². The van der Waals surface area contributed by atoms with Crippen LogP contribution in [0, 0.1) is 12.7 Å². The average molecular weight is 245 g/mol. The Morgan fingerprint density at radius 1 is 1.17 bits per heavy atom. The molecule has 2 N–H and O–H groups in total. The van der Waals surface area contributed by atoms with E-state index in [1.165, 1.54) is 24.4 Å². The highest BCUT2D eigenvalue weighted by Crippen LogP contribution is 2.27. The van der Waals surface area contributed by atoms with E-state index in [1.54, 1.807) is 12.1 Å². The van der Waals surface area contributed by atoms with E-state index in [1.807, 2.05) is 6.92 Å². The van der Waals surface area contributed by atoms with Crippen molar-refractivity contribution < 1.29 is 14.6 Å². The van der Waals surface area contributed by atoms with Gasteiger partial charge in [-0.1, -0.05) is 12.1 Å². The van der Waals surface area contributed by atoms with Crippen LogP contribution in [0.2, 0.25) is 0 Å². The summed E-state index contributed by atoms with van der Waals surface area (Å²) >= 11 is 0. The molecule has 2 rings (SSSR count). The van der Waals surface area contributed by atoms with Crippen LogP contribution in [0.25, 0.3) is 0 Å². The van der Waals surface area contributed by atoms with Gasteiger partial charge in [0, 0.05) is 11.8 Å². The van der Waals surface area contributed by atoms with Gasteiger partial charge in [0.1, 0.15) is 11.4 Å². The predicted molar refractivity (Wildman–Crippen MR) is 68.2 cm³/mol. The molecule has 0 saturated carbocycles. The maximum absolute atomic E-state index is 13.1. The van der Waals surface area contributed by atoms with Crippen LogP contribution in [-0.4, -0.2) is 16.4 Å². The number of nitrogens with zero attached hydrogens (tertiary/aromatic N) is 1. The number of aryl methyl sites for hydroxylation is 1. The van der Waals surface area contributed by atoms with Gasteiger partial charge in [-0.25, -0.2) is 4.39 Å². The van der Waals surface area contributed by atoms with Gasteiger partial charge in [0.25, 0.3) is 0 Å². The molecule has 0 aromatic heterocycles. The number of phenolic OH excluding ortho intramolecular Hbond substituents is 2. The highest BCUT2D eigenvalue weighted by Gasteiger charge is 2.04. The first-order valence-electron chi connectivity index (χ1n) is 5.39. The minimum absolute atomic E-state index is 0.0349. The molecule has 0 fully saturated rings. The Bertz CT molecular complexity index is 605. The van der Waals surface area contributed by atoms with Gasteiger partial charge in [-0.05, 0) is 36.8 Å². The van der Waals surface area contributed by atoms with Crippen LogP contribution < -0.4 is 0 Å². The zero-order valence-corrected chi connectivity index (χ0v) is 9.76. The van der Waals surface area contributed by atoms with Gasteiger partial charge >= 0.3 is 0 Å². The first kappa shape index (κ1) is 12.1. The maximum Gasteiger partial charge on any atom is 0.165 e. The van der Waals surface area contributed by atoms with E-state index < -0.39 is 11.6 Å². The molecule has 92 valence electrons. The molecule has 0 saturated heterocycles. The molecule has 2 aromatic carbocycles. The highest BCUT2D eigenvalue weighted by atomic mass is 19.1. The van der Waals surface area contributed by atoms with Crippen molar-refractivity contribution >= 4 is 11.9 Å². The van der Waals surface area contributed by atoms with Crippen LogP contribution in [0.4, 0.5) is 10.1 Å². The largest absolute Gasteiger partial charge is 0.506 e. The molecular weight excluding hydrogens is 233 g/mol. The molecule has 4 heteroatoms. The summed E-state index contributed by atoms with van der Waals surface area (Å²) in [5.74, 6) is -1.12. The van der Waals surface area contributed by atoms with Gasteiger partial charge in [-0.15, -0.1) is 0 Å². The van der Waals surface area contributed by atoms with Crippen molar-refractivity contribution in [3.8, 4) is 11.5 Å². The summed E-state index contributed by atoms with van der Waals surface area (Å²) in [6.07, 6.45) is 1.31. The van der Waals surface area contributed by atoms with Crippen molar-refractivity contribution in [1.29, 1.82) is 0 Å². The first-order chi connectivity index (χ1) is 8.58. The molecule has 18 heavy (non-hydrogen) atoms. The van der Waals surface area contributed by atoms with Crippen LogP contribution in [0.5, 0.6) is 11.5 Å². The Morgan fingerprint density at radius 3 is 2.72 bits per heavy atom. The molecule has 0 atom stereocenters. The fraction of sp³-hybridized carbons (Fsp3) is 0.0714. The average Bonchev–Trinajstić information content (AvgIpc) is 2.35. The lowest BCUT2D eigenvalue weighted by molar-refractivity contribution is 0.431. The van der Waals surface area contributed by atoms with Gasteiger partial charge in [-0.2, -0.15) is 0 Å². The van der Waals surface area contributed by atoms with Crippen molar-refractivity contribution in [1.82, 2.24) is 0 Å². The third-order valence-electron chi connectivity index (χ3n) is 2.49. The summed E-state index contributed by atoms with van der Waals surface area (Å²) in [7, 11) is 0. The smallest absolute Gasteiger partial charge is 0.165 e. The van der Waals surface area contributed by atoms with Crippen molar-refractivity contribution in [2.75, 3.05) is 0 Å². The number of para-hydroxylation sites is 1. The molecule has 0 aliphatic rings. The second kappa shape index (κ2) is 4.87. The normalized spacial score (nSPS) is 11.0. The lowest BCUT2D eigenvalue weighted by Gasteiger charge is -2.01. The van der Waals surface area contributed by atoms with E-state index in [-0.39, 0.29) is 11.3 Å². The molecule has 0 unspecified atom stereocenters. The Balaban J connectivity index is 2.36. The van der Waals surface area contributed by atoms with E-state index >= 15 is 0 Å². The van der Waals surface area contributed by atoms with Crippen LogP contribution in [0.15, 0.2) is 41.4 Å². The third kappa shape index (κ3) is 2.48. The number of benzene rings is 2. The summed E-state index contributed by atoms with van der Waals surface area (Å²) in [4.78, 5) is 4.04. The summed E-state index contributed by atoms with van der Waals surface area (Å²) in [6.45, 7) is 1.87. The van der Waals surface area contributed by atoms with E-state index in [0.29, 0.717) is 5.69 Å². The van der Waals surface area contributed by atoms with Crippen molar-refractivity contribution in [3.05, 3.63) is 53.3 Å². The Hall–Kier alpha value is -2.36. The van der Waals surface area contributed by atoms with Gasteiger partial charge in [-0.3, -0.25) is 4.99 Å². The standard InChI is InChI=1S/C14H12FNO2/c1-9-5-6-13(17)12(7-9)16-8-10-3-2-4-11(15)14(10)18/h2-8,17-18H,1H3. The molecule has 0 aliphatic heterocycles. The summed E-state index contributed by atoms with van der Waals surface area (Å²) in [5, 5.41) is 19.1. The van der Waals surface area contributed by atoms with E-state index in [2.05, 4.69) is 4.99 Å². The number of rotatable bonds is 2. The van der Waals surface area contributed by atoms with Crippen molar-refractivity contribution in [3.63, 3.8) is 0 Å². The molecule has 3 nitrogen and oxygen atoms in total. The molecule has 0 bridgehead atoms. The van der Waals surface area contributed by atoms with E-state index in [0.717, 1.165) is 11.6 Å². The molecular formula is C14H12FNO2. The first-order valence-corrected chi connectivity index (χ1v) is 5.39. The van der Waals surface area contributed by atoms with Crippen molar-refractivity contribution in [2.45, 2.75) is 6.92 Å². The van der Waals surface area contributed by atoms with E-state index in [4.69, 9.17) is 0 Å². The van der Waals surface area contributed by atoms with Crippen LogP contribution in [0.3, 0.4) is 0 Å². The molecule has 2 aromatic rings. The summed E-state index contributed by atoms with van der Waals surface area (Å²) in [6, 6.07) is 9.17. The highest BCUT2D eigenvalue weighted by molar-refractivity contribution is 5.85. The fourth-order valence-electron chi connectivity index (χ4n) is 1.51. The number of aromatic hydroxyl groups is 2. The minimum atomic E-state index is -0.701. The van der Waals surface area contributed by atoms with Crippen LogP contribution in [-0.2, 0) is 0 Å². The van der Waals surface area contributed by atoms with Crippen LogP contribution >= 0.6 is 0 Å². The maximum atomic E-state index is 13.1. The zero-order chi connectivity index (χ0) is 13.1. The Kier molecular flexibility index (Phi) is 3.28. The lowest BCUT2D eigenvalue weighted by atomic mass is 10.2. The molecule has 0 aliphatic carbocycles. The number of aliphatic imine (C=N–C) groups is 1. The molecule has 0 radical (unpaired) electrons. The minimum Gasteiger partial charge on any atom is -0.506 e. The SMILES string of the molecule is Cc1ccc(O)c(N=Cc2cccc(F)c2O)c1. The fourth-order valence-corrected chi connectivity index (χ4v) is 1.51. The van der Waals surface area contributed by atoms with Gasteiger partial charge in [0.15, 0.2) is 11.6 Å². The lowest BCUT2D eigenvalue weighted by Crippen LogP contribution is -1.85. The second-order valence-corrected chi connectivity index (χ2v) is 3.93. The number of phenols is 2. The topological polar surface area (TPSA) is 52.8 Å². The summed E-state index contributed by atoms with van der Waals surface area (Å²) in [5.41, 5.74) is 1.58. The van der Waals surface area contributed by atoms with Gasteiger partial charge in [0.05, 0.1) is 0 Å².